The van der Waals surface area contributed by atoms with Gasteiger partial charge in [0.25, 0.3) is 5.91 Å². The number of nitrogens with one attached hydrogen (secondary N) is 1. The third-order valence-corrected chi connectivity index (χ3v) is 3.96. The van der Waals surface area contributed by atoms with Crippen LogP contribution in [0.5, 0.6) is 0 Å². The van der Waals surface area contributed by atoms with Gasteiger partial charge in [0.05, 0.1) is 11.1 Å². The maximum absolute atomic E-state index is 13.5. The van der Waals surface area contributed by atoms with Gasteiger partial charge in [-0.05, 0) is 42.3 Å². The Morgan fingerprint density at radius 1 is 1.04 bits per heavy atom. The zero-order valence-corrected chi connectivity index (χ0v) is 13.6. The van der Waals surface area contributed by atoms with Crippen molar-refractivity contribution in [2.45, 2.75) is 13.3 Å². The van der Waals surface area contributed by atoms with Crippen molar-refractivity contribution in [2.75, 3.05) is 6.54 Å². The van der Waals surface area contributed by atoms with Crippen LogP contribution in [0.4, 0.5) is 8.78 Å². The van der Waals surface area contributed by atoms with Crippen LogP contribution in [0.15, 0.2) is 48.7 Å². The first-order valence-corrected chi connectivity index (χ1v) is 7.80. The van der Waals surface area contributed by atoms with Crippen LogP contribution in [0, 0.1) is 11.6 Å². The fourth-order valence-electron chi connectivity index (χ4n) is 2.71. The third kappa shape index (κ3) is 3.57. The molecule has 0 radical (unpaired) electrons. The number of halogens is 2. The molecule has 0 aliphatic rings. The highest BCUT2D eigenvalue weighted by molar-refractivity contribution is 6.09. The molecule has 0 aliphatic heterocycles. The number of nitrogens with zero attached hydrogens (tertiary/aromatic N) is 1. The second-order valence-corrected chi connectivity index (χ2v) is 5.73. The van der Waals surface area contributed by atoms with Crippen molar-refractivity contribution in [2.24, 2.45) is 0 Å². The smallest absolute Gasteiger partial charge is 0.253 e. The van der Waals surface area contributed by atoms with Gasteiger partial charge in [0.2, 0.25) is 5.91 Å². The molecule has 1 aromatic heterocycles. The zero-order chi connectivity index (χ0) is 18.0. The molecule has 1 N–H and O–H groups in total. The second-order valence-electron chi connectivity index (χ2n) is 5.73. The topological polar surface area (TPSA) is 51.1 Å². The summed E-state index contributed by atoms with van der Waals surface area (Å²) in [5.41, 5.74) is 1.57. The Bertz CT molecular complexity index is 946. The van der Waals surface area contributed by atoms with Crippen LogP contribution in [0.3, 0.4) is 0 Å². The zero-order valence-electron chi connectivity index (χ0n) is 13.6. The molecule has 128 valence electrons. The largest absolute Gasteiger partial charge is 0.352 e. The van der Waals surface area contributed by atoms with Gasteiger partial charge in [-0.15, -0.1) is 0 Å². The molecule has 0 unspecified atom stereocenters. The lowest BCUT2D eigenvalue weighted by Gasteiger charge is -2.05. The van der Waals surface area contributed by atoms with Crippen molar-refractivity contribution in [3.63, 3.8) is 0 Å². The Hall–Kier alpha value is -3.02. The number of amides is 1. The van der Waals surface area contributed by atoms with Crippen LogP contribution in [-0.4, -0.2) is 22.9 Å². The van der Waals surface area contributed by atoms with E-state index in [4.69, 9.17) is 0 Å². The molecule has 0 fully saturated rings. The van der Waals surface area contributed by atoms with Crippen LogP contribution in [0.1, 0.15) is 27.6 Å². The van der Waals surface area contributed by atoms with E-state index in [1.807, 2.05) is 0 Å². The van der Waals surface area contributed by atoms with Crippen LogP contribution in [0.25, 0.3) is 10.9 Å². The molecule has 0 atom stereocenters. The number of carbonyl (C=O) groups is 2. The van der Waals surface area contributed by atoms with E-state index in [1.54, 1.807) is 12.1 Å². The summed E-state index contributed by atoms with van der Waals surface area (Å²) in [6.07, 6.45) is 1.96. The van der Waals surface area contributed by atoms with E-state index in [1.165, 1.54) is 48.0 Å². The average Bonchev–Trinajstić information content (AvgIpc) is 2.95. The van der Waals surface area contributed by atoms with Gasteiger partial charge in [0, 0.05) is 25.1 Å². The molecule has 25 heavy (non-hydrogen) atoms. The molecule has 0 saturated heterocycles. The SMILES string of the molecule is CC(=O)n1cc(C(=O)NCCc2ccc(F)cc2)c2ccc(F)cc21. The molecule has 0 aliphatic carbocycles. The van der Waals surface area contributed by atoms with Gasteiger partial charge in [-0.3, -0.25) is 14.2 Å². The summed E-state index contributed by atoms with van der Waals surface area (Å²) in [5.74, 6) is -1.44. The van der Waals surface area contributed by atoms with Gasteiger partial charge >= 0.3 is 0 Å². The Labute approximate surface area is 143 Å². The van der Waals surface area contributed by atoms with Crippen molar-refractivity contribution in [1.82, 2.24) is 9.88 Å². The Balaban J connectivity index is 1.77. The molecule has 6 heteroatoms. The first kappa shape index (κ1) is 16.8. The lowest BCUT2D eigenvalue weighted by molar-refractivity contribution is 0.0941. The van der Waals surface area contributed by atoms with E-state index in [9.17, 15) is 18.4 Å². The lowest BCUT2D eigenvalue weighted by atomic mass is 10.1. The number of hydrogen-bond donors (Lipinski definition) is 1. The molecule has 3 rings (SSSR count). The van der Waals surface area contributed by atoms with E-state index < -0.39 is 5.82 Å². The second kappa shape index (κ2) is 6.84. The van der Waals surface area contributed by atoms with Gasteiger partial charge < -0.3 is 5.32 Å². The summed E-state index contributed by atoms with van der Waals surface area (Å²) >= 11 is 0. The highest BCUT2D eigenvalue weighted by Gasteiger charge is 2.17. The molecule has 1 amide bonds. The standard InChI is InChI=1S/C19H16F2N2O2/c1-12(24)23-11-17(16-7-6-15(21)10-18(16)23)19(25)22-9-8-13-2-4-14(20)5-3-13/h2-7,10-11H,8-9H2,1H3,(H,22,25). The van der Waals surface area contributed by atoms with Gasteiger partial charge in [0.1, 0.15) is 11.6 Å². The Morgan fingerprint density at radius 2 is 1.72 bits per heavy atom. The molecule has 2 aromatic carbocycles. The molecular formula is C19H16F2N2O2. The average molecular weight is 342 g/mol. The first-order valence-electron chi connectivity index (χ1n) is 7.80. The number of carbonyl (C=O) groups excluding carboxylic acids is 2. The molecule has 0 spiro atoms. The van der Waals surface area contributed by atoms with Gasteiger partial charge in [-0.2, -0.15) is 0 Å². The van der Waals surface area contributed by atoms with Gasteiger partial charge in [-0.1, -0.05) is 12.1 Å². The predicted octanol–water partition coefficient (Wildman–Crippen LogP) is 3.55. The Kier molecular flexibility index (Phi) is 4.61. The van der Waals surface area contributed by atoms with Crippen LogP contribution >= 0.6 is 0 Å². The number of aromatic nitrogens is 1. The van der Waals surface area contributed by atoms with E-state index in [0.29, 0.717) is 29.4 Å². The summed E-state index contributed by atoms with van der Waals surface area (Å²) in [5, 5.41) is 3.28. The van der Waals surface area contributed by atoms with Crippen LogP contribution in [0.2, 0.25) is 0 Å². The first-order chi connectivity index (χ1) is 12.0. The molecule has 1 heterocycles. The monoisotopic (exact) mass is 342 g/mol. The van der Waals surface area contributed by atoms with Gasteiger partial charge in [0.15, 0.2) is 0 Å². The fraction of sp³-hybridized carbons (Fsp3) is 0.158. The van der Waals surface area contributed by atoms with E-state index in [2.05, 4.69) is 5.32 Å². The molecule has 0 saturated carbocycles. The summed E-state index contributed by atoms with van der Waals surface area (Å²) < 4.78 is 27.6. The molecular weight excluding hydrogens is 326 g/mol. The van der Waals surface area contributed by atoms with E-state index in [-0.39, 0.29) is 17.6 Å². The number of fused-ring (bicyclic) bond motifs is 1. The molecule has 3 aromatic rings. The van der Waals surface area contributed by atoms with Crippen molar-refractivity contribution >= 4 is 22.7 Å². The van der Waals surface area contributed by atoms with E-state index >= 15 is 0 Å². The van der Waals surface area contributed by atoms with Gasteiger partial charge in [-0.25, -0.2) is 8.78 Å². The predicted molar refractivity (Wildman–Crippen MR) is 90.6 cm³/mol. The minimum absolute atomic E-state index is 0.305. The van der Waals surface area contributed by atoms with Crippen molar-refractivity contribution in [3.8, 4) is 0 Å². The number of rotatable bonds is 4. The highest BCUT2D eigenvalue weighted by Crippen LogP contribution is 2.22. The summed E-state index contributed by atoms with van der Waals surface area (Å²) in [6, 6.07) is 10.0. The summed E-state index contributed by atoms with van der Waals surface area (Å²) in [7, 11) is 0. The summed E-state index contributed by atoms with van der Waals surface area (Å²) in [6.45, 7) is 1.71. The van der Waals surface area contributed by atoms with Crippen LogP contribution in [-0.2, 0) is 6.42 Å². The van der Waals surface area contributed by atoms with E-state index in [0.717, 1.165) is 5.56 Å². The molecule has 0 bridgehead atoms. The number of benzene rings is 2. The Morgan fingerprint density at radius 3 is 2.40 bits per heavy atom. The molecule has 4 nitrogen and oxygen atoms in total. The van der Waals surface area contributed by atoms with Crippen molar-refractivity contribution in [1.29, 1.82) is 0 Å². The maximum atomic E-state index is 13.5. The van der Waals surface area contributed by atoms with Crippen molar-refractivity contribution in [3.05, 3.63) is 71.4 Å². The van der Waals surface area contributed by atoms with Crippen LogP contribution < -0.4 is 5.32 Å². The quantitative estimate of drug-likeness (QED) is 0.788. The number of hydrogen-bond acceptors (Lipinski definition) is 2. The van der Waals surface area contributed by atoms with Crippen molar-refractivity contribution < 1.29 is 18.4 Å². The third-order valence-electron chi connectivity index (χ3n) is 3.96. The normalized spacial score (nSPS) is 10.8. The maximum Gasteiger partial charge on any atom is 0.253 e. The highest BCUT2D eigenvalue weighted by atomic mass is 19.1. The minimum atomic E-state index is -0.476. The fourth-order valence-corrected chi connectivity index (χ4v) is 2.71. The summed E-state index contributed by atoms with van der Waals surface area (Å²) in [4.78, 5) is 24.1. The minimum Gasteiger partial charge on any atom is -0.352 e. The lowest BCUT2D eigenvalue weighted by Crippen LogP contribution is -2.25.